The molecular weight excluding hydrogens is 809 g/mol. The van der Waals surface area contributed by atoms with E-state index in [1.54, 1.807) is 25.2 Å². The molecule has 0 spiro atoms. The number of aromatic nitrogens is 4. The summed E-state index contributed by atoms with van der Waals surface area (Å²) >= 11 is 0. The van der Waals surface area contributed by atoms with Crippen molar-refractivity contribution in [2.45, 2.75) is 52.1 Å². The number of H-pyrrole nitrogens is 2. The number of hydrogen-bond acceptors (Lipinski definition) is 9. The molecule has 1 aliphatic rings. The summed E-state index contributed by atoms with van der Waals surface area (Å²) in [5, 5.41) is 8.02. The van der Waals surface area contributed by atoms with Crippen LogP contribution in [0.5, 0.6) is 0 Å². The first-order valence-electron chi connectivity index (χ1n) is 21.1. The highest BCUT2D eigenvalue weighted by molar-refractivity contribution is 5.83. The molecule has 3 amide bonds. The minimum Gasteiger partial charge on any atom is -0.471 e. The van der Waals surface area contributed by atoms with Gasteiger partial charge in [-0.1, -0.05) is 124 Å². The second-order valence-electron chi connectivity index (χ2n) is 13.5. The molecule has 3 heterocycles. The van der Waals surface area contributed by atoms with E-state index >= 15 is 0 Å². The van der Waals surface area contributed by atoms with Gasteiger partial charge in [0, 0.05) is 31.1 Å². The Balaban J connectivity index is 0.000000354. The number of methoxy groups -OCH3 is 2. The quantitative estimate of drug-likeness (QED) is 0.0682. The van der Waals surface area contributed by atoms with Crippen LogP contribution in [0.3, 0.4) is 0 Å². The molecule has 1 aliphatic heterocycles. The SMILES string of the molecule is CC.CCc1ncc(-c2ccc(C#Cc3ccc(-c4cnc(C5CCCN5C(=O)CNC(=O)OC)[nH]4)cc3)cc2)[nH]1.CNC(=O)C(NC)c1ccccc1.COC=O.c1ccccc1. The van der Waals surface area contributed by atoms with E-state index in [1.165, 1.54) is 14.2 Å². The van der Waals surface area contributed by atoms with Crippen molar-refractivity contribution in [3.8, 4) is 34.4 Å². The van der Waals surface area contributed by atoms with Crippen LogP contribution >= 0.6 is 0 Å². The number of aromatic amines is 2. The van der Waals surface area contributed by atoms with Crippen LogP contribution in [0.1, 0.15) is 74.0 Å². The lowest BCUT2D eigenvalue weighted by atomic mass is 10.1. The monoisotopic (exact) mass is 868 g/mol. The molecule has 2 aromatic heterocycles. The molecule has 7 rings (SSSR count). The number of alkyl carbamates (subject to hydrolysis) is 1. The van der Waals surface area contributed by atoms with Gasteiger partial charge in [0.2, 0.25) is 11.8 Å². The Hall–Kier alpha value is -7.50. The minimum atomic E-state index is -0.624. The summed E-state index contributed by atoms with van der Waals surface area (Å²) in [5.74, 6) is 7.98. The number of hydrogen-bond donors (Lipinski definition) is 5. The number of likely N-dealkylation sites (tertiary alicyclic amines) is 1. The predicted molar refractivity (Wildman–Crippen MR) is 251 cm³/mol. The van der Waals surface area contributed by atoms with E-state index in [0.29, 0.717) is 13.0 Å². The van der Waals surface area contributed by atoms with E-state index < -0.39 is 6.09 Å². The van der Waals surface area contributed by atoms with Gasteiger partial charge in [0.1, 0.15) is 24.2 Å². The van der Waals surface area contributed by atoms with Crippen LogP contribution < -0.4 is 16.0 Å². The van der Waals surface area contributed by atoms with Crippen LogP contribution in [0.4, 0.5) is 4.79 Å². The van der Waals surface area contributed by atoms with Gasteiger partial charge in [-0.25, -0.2) is 14.8 Å². The first-order valence-corrected chi connectivity index (χ1v) is 21.1. The smallest absolute Gasteiger partial charge is 0.407 e. The largest absolute Gasteiger partial charge is 0.471 e. The minimum absolute atomic E-state index is 0.0197. The van der Waals surface area contributed by atoms with E-state index in [4.69, 9.17) is 4.79 Å². The number of carbonyl (C=O) groups is 4. The van der Waals surface area contributed by atoms with Crippen LogP contribution in [0, 0.1) is 11.8 Å². The van der Waals surface area contributed by atoms with Crippen molar-refractivity contribution in [1.29, 1.82) is 0 Å². The van der Waals surface area contributed by atoms with E-state index in [-0.39, 0.29) is 30.4 Å². The summed E-state index contributed by atoms with van der Waals surface area (Å²) < 4.78 is 8.41. The molecule has 6 aromatic rings. The molecule has 336 valence electrons. The van der Waals surface area contributed by atoms with E-state index in [9.17, 15) is 14.4 Å². The average Bonchev–Trinajstić information content (AvgIpc) is 4.18. The Morgan fingerprint density at radius 1 is 0.797 bits per heavy atom. The van der Waals surface area contributed by atoms with Crippen molar-refractivity contribution in [1.82, 2.24) is 40.8 Å². The third-order valence-corrected chi connectivity index (χ3v) is 9.45. The van der Waals surface area contributed by atoms with E-state index in [1.807, 2.05) is 135 Å². The molecule has 0 saturated carbocycles. The number of imidazole rings is 2. The molecule has 0 aliphatic carbocycles. The Kier molecular flexibility index (Phi) is 23.0. The summed E-state index contributed by atoms with van der Waals surface area (Å²) in [4.78, 5) is 61.6. The second kappa shape index (κ2) is 28.9. The maximum Gasteiger partial charge on any atom is 0.407 e. The predicted octanol–water partition coefficient (Wildman–Crippen LogP) is 7.64. The lowest BCUT2D eigenvalue weighted by Crippen LogP contribution is -2.40. The van der Waals surface area contributed by atoms with Gasteiger partial charge in [-0.2, -0.15) is 0 Å². The Labute approximate surface area is 376 Å². The Morgan fingerprint density at radius 2 is 1.31 bits per heavy atom. The molecule has 5 N–H and O–H groups in total. The van der Waals surface area contributed by atoms with Crippen molar-refractivity contribution in [2.75, 3.05) is 41.4 Å². The van der Waals surface area contributed by atoms with Crippen LogP contribution in [-0.2, 0) is 30.3 Å². The highest BCUT2D eigenvalue weighted by atomic mass is 16.5. The van der Waals surface area contributed by atoms with Gasteiger partial charge in [0.15, 0.2) is 0 Å². The molecule has 2 atom stereocenters. The van der Waals surface area contributed by atoms with E-state index in [2.05, 4.69) is 64.1 Å². The fourth-order valence-electron chi connectivity index (χ4n) is 6.25. The van der Waals surface area contributed by atoms with Gasteiger partial charge >= 0.3 is 6.09 Å². The molecule has 1 fully saturated rings. The number of nitrogens with one attached hydrogen (secondary N) is 5. The molecule has 14 heteroatoms. The molecule has 0 bridgehead atoms. The fourth-order valence-corrected chi connectivity index (χ4v) is 6.25. The van der Waals surface area contributed by atoms with Crippen molar-refractivity contribution in [3.63, 3.8) is 0 Å². The van der Waals surface area contributed by atoms with Crippen molar-refractivity contribution < 1.29 is 28.7 Å². The maximum absolute atomic E-state index is 12.6. The third kappa shape index (κ3) is 16.4. The average molecular weight is 869 g/mol. The summed E-state index contributed by atoms with van der Waals surface area (Å²) in [6.07, 6.45) is 5.59. The Morgan fingerprint density at radius 3 is 1.78 bits per heavy atom. The molecule has 4 aromatic carbocycles. The highest BCUT2D eigenvalue weighted by Gasteiger charge is 2.32. The van der Waals surface area contributed by atoms with Crippen LogP contribution in [0.25, 0.3) is 22.5 Å². The van der Waals surface area contributed by atoms with Gasteiger partial charge in [0.05, 0.1) is 44.0 Å². The first-order chi connectivity index (χ1) is 31.2. The number of likely N-dealkylation sites (N-methyl/N-ethyl adjacent to an activating group) is 2. The zero-order chi connectivity index (χ0) is 46.5. The lowest BCUT2D eigenvalue weighted by molar-refractivity contribution is -0.131. The van der Waals surface area contributed by atoms with Crippen LogP contribution in [0.2, 0.25) is 0 Å². The van der Waals surface area contributed by atoms with Crippen molar-refractivity contribution >= 4 is 24.4 Å². The van der Waals surface area contributed by atoms with Gasteiger partial charge in [-0.3, -0.25) is 14.4 Å². The van der Waals surface area contributed by atoms with E-state index in [0.717, 1.165) is 70.1 Å². The van der Waals surface area contributed by atoms with Crippen molar-refractivity contribution in [2.24, 2.45) is 0 Å². The normalized spacial score (nSPS) is 12.5. The fraction of sp³-hybridized carbons (Fsp3) is 0.280. The summed E-state index contributed by atoms with van der Waals surface area (Å²) in [7, 11) is 5.99. The molecule has 2 unspecified atom stereocenters. The van der Waals surface area contributed by atoms with Gasteiger partial charge in [0.25, 0.3) is 6.47 Å². The van der Waals surface area contributed by atoms with Crippen LogP contribution in [-0.4, -0.2) is 90.6 Å². The topological polar surface area (TPSA) is 183 Å². The summed E-state index contributed by atoms with van der Waals surface area (Å²) in [6, 6.07) is 37.3. The first kappa shape index (κ1) is 50.9. The summed E-state index contributed by atoms with van der Waals surface area (Å²) in [5.41, 5.74) is 6.77. The molecular formula is C50H60N8O6. The molecule has 0 radical (unpaired) electrons. The summed E-state index contributed by atoms with van der Waals surface area (Å²) in [6.45, 7) is 6.97. The van der Waals surface area contributed by atoms with Crippen LogP contribution in [0.15, 0.2) is 128 Å². The van der Waals surface area contributed by atoms with Crippen molar-refractivity contribution in [3.05, 3.63) is 156 Å². The molecule has 14 nitrogen and oxygen atoms in total. The number of rotatable bonds is 10. The number of benzene rings is 4. The number of aryl methyl sites for hydroxylation is 1. The van der Waals surface area contributed by atoms with Gasteiger partial charge in [-0.05, 0) is 60.8 Å². The highest BCUT2D eigenvalue weighted by Crippen LogP contribution is 2.31. The second-order valence-corrected chi connectivity index (χ2v) is 13.5. The third-order valence-electron chi connectivity index (χ3n) is 9.45. The maximum atomic E-state index is 12.6. The number of amides is 3. The zero-order valence-electron chi connectivity index (χ0n) is 37.7. The molecule has 1 saturated heterocycles. The zero-order valence-corrected chi connectivity index (χ0v) is 37.7. The molecule has 64 heavy (non-hydrogen) atoms. The standard InChI is InChI=1S/C30H30N6O3.C10H14N2O.C6H6.C2H4O2.C2H6/c1-3-27-31-17-24(34-27)22-12-8-20(9-13-22)6-7-21-10-14-23(15-11-21)25-18-32-29(35-25)26-5-4-16-36(26)28(37)19-33-30(38)39-2;1-11-9(10(13)12-2)8-6-4-3-5-7-8;1-2-4-6-5-3-1;1-4-2-3;1-2/h8-15,17-18,26H,3-5,16,19H2,1-2H3,(H,31,34)(H,32,35)(H,33,38);3-7,9,11H,1-2H3,(H,12,13);1-6H;2H,1H3;1-2H3. The number of nitrogens with zero attached hydrogens (tertiary/aromatic N) is 3. The van der Waals surface area contributed by atoms with Gasteiger partial charge < -0.3 is 40.3 Å². The Bertz CT molecular complexity index is 2290. The number of ether oxygens (including phenoxy) is 2. The number of carbonyl (C=O) groups excluding carboxylic acids is 4. The lowest BCUT2D eigenvalue weighted by Gasteiger charge is -2.23. The van der Waals surface area contributed by atoms with Gasteiger partial charge in [-0.15, -0.1) is 0 Å².